The molecule has 0 fully saturated rings. The molecule has 2 rings (SSSR count). The van der Waals surface area contributed by atoms with E-state index in [1.807, 2.05) is 12.1 Å². The van der Waals surface area contributed by atoms with Gasteiger partial charge in [0.05, 0.1) is 6.07 Å². The third-order valence-corrected chi connectivity index (χ3v) is 4.62. The first-order valence-electron chi connectivity index (χ1n) is 5.83. The largest absolute Gasteiger partial charge is 0.227 e. The first-order valence-corrected chi connectivity index (χ1v) is 7.55. The standard InChI is InChI=1S/C15H13NO2S/c16-11-12-19(17,18)15(13-7-3-1-4-8-13)14-9-5-2-6-10-14/h1-10,15H,12H2. The highest BCUT2D eigenvalue weighted by Gasteiger charge is 2.28. The first kappa shape index (κ1) is 13.3. The second-order valence-electron chi connectivity index (χ2n) is 4.17. The molecule has 0 saturated heterocycles. The highest BCUT2D eigenvalue weighted by atomic mass is 32.2. The summed E-state index contributed by atoms with van der Waals surface area (Å²) in [7, 11) is -3.54. The quantitative estimate of drug-likeness (QED) is 0.859. The minimum absolute atomic E-state index is 0.485. The number of nitrogens with zero attached hydrogens (tertiary/aromatic N) is 1. The number of rotatable bonds is 4. The lowest BCUT2D eigenvalue weighted by Crippen LogP contribution is -2.17. The zero-order valence-corrected chi connectivity index (χ0v) is 11.0. The fourth-order valence-corrected chi connectivity index (χ4v) is 3.53. The van der Waals surface area contributed by atoms with Gasteiger partial charge in [0.25, 0.3) is 0 Å². The molecule has 0 saturated carbocycles. The zero-order valence-electron chi connectivity index (χ0n) is 10.2. The Labute approximate surface area is 113 Å². The molecular weight excluding hydrogens is 258 g/mol. The van der Waals surface area contributed by atoms with E-state index < -0.39 is 20.8 Å². The fraction of sp³-hybridized carbons (Fsp3) is 0.133. The third-order valence-electron chi connectivity index (χ3n) is 2.83. The molecule has 0 aliphatic carbocycles. The van der Waals surface area contributed by atoms with E-state index in [-0.39, 0.29) is 0 Å². The molecule has 0 spiro atoms. The first-order chi connectivity index (χ1) is 9.15. The van der Waals surface area contributed by atoms with Crippen LogP contribution in [0, 0.1) is 11.3 Å². The summed E-state index contributed by atoms with van der Waals surface area (Å²) in [4.78, 5) is 0. The van der Waals surface area contributed by atoms with Crippen LogP contribution in [0.25, 0.3) is 0 Å². The monoisotopic (exact) mass is 271 g/mol. The Morgan fingerprint density at radius 2 is 1.32 bits per heavy atom. The average Bonchev–Trinajstić information content (AvgIpc) is 2.41. The topological polar surface area (TPSA) is 57.9 Å². The summed E-state index contributed by atoms with van der Waals surface area (Å²) in [6, 6.07) is 19.7. The summed E-state index contributed by atoms with van der Waals surface area (Å²) >= 11 is 0. The van der Waals surface area contributed by atoms with Crippen molar-refractivity contribution in [1.29, 1.82) is 5.26 Å². The van der Waals surface area contributed by atoms with Crippen molar-refractivity contribution in [2.75, 3.05) is 5.75 Å². The summed E-state index contributed by atoms with van der Waals surface area (Å²) in [5, 5.41) is 7.93. The van der Waals surface area contributed by atoms with Crippen LogP contribution in [0.5, 0.6) is 0 Å². The third kappa shape index (κ3) is 3.01. The van der Waals surface area contributed by atoms with Crippen LogP contribution in [0.1, 0.15) is 16.4 Å². The van der Waals surface area contributed by atoms with Gasteiger partial charge >= 0.3 is 0 Å². The second kappa shape index (κ2) is 5.68. The molecule has 0 aromatic heterocycles. The van der Waals surface area contributed by atoms with Crippen molar-refractivity contribution in [3.8, 4) is 6.07 Å². The van der Waals surface area contributed by atoms with Crippen LogP contribution in [-0.4, -0.2) is 14.2 Å². The van der Waals surface area contributed by atoms with Crippen molar-refractivity contribution in [3.05, 3.63) is 71.8 Å². The number of sulfone groups is 1. The molecule has 19 heavy (non-hydrogen) atoms. The number of hydrogen-bond acceptors (Lipinski definition) is 3. The van der Waals surface area contributed by atoms with Crippen LogP contribution in [0.3, 0.4) is 0 Å². The lowest BCUT2D eigenvalue weighted by atomic mass is 10.0. The number of benzene rings is 2. The second-order valence-corrected chi connectivity index (χ2v) is 6.25. The van der Waals surface area contributed by atoms with E-state index in [1.165, 1.54) is 0 Å². The van der Waals surface area contributed by atoms with Crippen LogP contribution < -0.4 is 0 Å². The molecule has 0 bridgehead atoms. The van der Waals surface area contributed by atoms with Gasteiger partial charge in [-0.2, -0.15) is 5.26 Å². The van der Waals surface area contributed by atoms with Gasteiger partial charge in [0.2, 0.25) is 0 Å². The summed E-state index contributed by atoms with van der Waals surface area (Å²) in [6.45, 7) is 0. The van der Waals surface area contributed by atoms with Gasteiger partial charge in [-0.05, 0) is 11.1 Å². The van der Waals surface area contributed by atoms with Gasteiger partial charge in [-0.1, -0.05) is 60.7 Å². The average molecular weight is 271 g/mol. The molecule has 0 aliphatic rings. The van der Waals surface area contributed by atoms with Crippen LogP contribution in [0.4, 0.5) is 0 Å². The molecule has 3 nitrogen and oxygen atoms in total. The van der Waals surface area contributed by atoms with Gasteiger partial charge in [0, 0.05) is 0 Å². The molecule has 2 aromatic carbocycles. The molecular formula is C15H13NO2S. The molecule has 0 N–H and O–H groups in total. The van der Waals surface area contributed by atoms with Crippen molar-refractivity contribution in [1.82, 2.24) is 0 Å². The molecule has 0 radical (unpaired) electrons. The maximum Gasteiger partial charge on any atom is 0.174 e. The SMILES string of the molecule is N#CCS(=O)(=O)C(c1ccccc1)c1ccccc1. The van der Waals surface area contributed by atoms with Crippen LogP contribution >= 0.6 is 0 Å². The number of nitriles is 1. The minimum Gasteiger partial charge on any atom is -0.227 e. The van der Waals surface area contributed by atoms with E-state index in [1.54, 1.807) is 54.6 Å². The van der Waals surface area contributed by atoms with Gasteiger partial charge in [-0.3, -0.25) is 0 Å². The van der Waals surface area contributed by atoms with Crippen LogP contribution in [0.2, 0.25) is 0 Å². The molecule has 2 aromatic rings. The predicted octanol–water partition coefficient (Wildman–Crippen LogP) is 2.71. The predicted molar refractivity (Wildman–Crippen MR) is 74.1 cm³/mol. The molecule has 0 unspecified atom stereocenters. The van der Waals surface area contributed by atoms with Gasteiger partial charge in [0.15, 0.2) is 9.84 Å². The lowest BCUT2D eigenvalue weighted by molar-refractivity contribution is 0.592. The highest BCUT2D eigenvalue weighted by molar-refractivity contribution is 7.92. The van der Waals surface area contributed by atoms with Crippen molar-refractivity contribution >= 4 is 9.84 Å². The minimum atomic E-state index is -3.54. The van der Waals surface area contributed by atoms with E-state index in [9.17, 15) is 8.42 Å². The summed E-state index contributed by atoms with van der Waals surface area (Å²) < 4.78 is 24.6. The van der Waals surface area contributed by atoms with E-state index in [0.717, 1.165) is 0 Å². The van der Waals surface area contributed by atoms with Crippen LogP contribution in [0.15, 0.2) is 60.7 Å². The fourth-order valence-electron chi connectivity index (χ4n) is 2.04. The van der Waals surface area contributed by atoms with E-state index in [4.69, 9.17) is 5.26 Å². The maximum atomic E-state index is 12.3. The van der Waals surface area contributed by atoms with Crippen molar-refractivity contribution in [3.63, 3.8) is 0 Å². The Morgan fingerprint density at radius 1 is 0.895 bits per heavy atom. The normalized spacial score (nSPS) is 11.2. The maximum absolute atomic E-state index is 12.3. The Balaban J connectivity index is 2.56. The van der Waals surface area contributed by atoms with Crippen molar-refractivity contribution in [2.45, 2.75) is 5.25 Å². The van der Waals surface area contributed by atoms with Crippen molar-refractivity contribution in [2.24, 2.45) is 0 Å². The van der Waals surface area contributed by atoms with Crippen molar-refractivity contribution < 1.29 is 8.42 Å². The van der Waals surface area contributed by atoms with Gasteiger partial charge < -0.3 is 0 Å². The summed E-state index contributed by atoms with van der Waals surface area (Å²) in [5.41, 5.74) is 1.37. The van der Waals surface area contributed by atoms with E-state index >= 15 is 0 Å². The zero-order chi connectivity index (χ0) is 13.7. The van der Waals surface area contributed by atoms with E-state index in [0.29, 0.717) is 11.1 Å². The molecule has 96 valence electrons. The Bertz CT molecular complexity index is 634. The highest BCUT2D eigenvalue weighted by Crippen LogP contribution is 2.30. The van der Waals surface area contributed by atoms with E-state index in [2.05, 4.69) is 0 Å². The van der Waals surface area contributed by atoms with Crippen LogP contribution in [-0.2, 0) is 9.84 Å². The summed E-state index contributed by atoms with van der Waals surface area (Å²) in [5.74, 6) is -0.485. The summed E-state index contributed by atoms with van der Waals surface area (Å²) in [6.07, 6.45) is 0. The smallest absolute Gasteiger partial charge is 0.174 e. The molecule has 0 amide bonds. The number of hydrogen-bond donors (Lipinski definition) is 0. The molecule has 4 heteroatoms. The Hall–Kier alpha value is -2.12. The van der Waals surface area contributed by atoms with Gasteiger partial charge in [0.1, 0.15) is 11.0 Å². The van der Waals surface area contributed by atoms with Gasteiger partial charge in [-0.25, -0.2) is 8.42 Å². The molecule has 0 atom stereocenters. The molecule has 0 aliphatic heterocycles. The Morgan fingerprint density at radius 3 is 1.68 bits per heavy atom. The Kier molecular flexibility index (Phi) is 3.98. The lowest BCUT2D eigenvalue weighted by Gasteiger charge is -2.17. The molecule has 0 heterocycles. The van der Waals surface area contributed by atoms with Gasteiger partial charge in [-0.15, -0.1) is 0 Å².